The maximum atomic E-state index is 13.4. The normalized spacial score (nSPS) is 29.3. The second-order valence-electron chi connectivity index (χ2n) is 23.9. The predicted molar refractivity (Wildman–Crippen MR) is 328 cm³/mol. The maximum absolute atomic E-state index is 13.4. The highest BCUT2D eigenvalue weighted by Crippen LogP contribution is 2.33. The summed E-state index contributed by atoms with van der Waals surface area (Å²) in [4.78, 5) is 13.4. The SMILES string of the molecule is CCCCCCC/C=C\C/C=C\CCCCCCCCCCCCCCCCCC(=O)NC(COC1OC(CO)C(OC2OC(CO)C(OC3OC(CO)C(O)C(O)C3O)C(O)C2O)C(O)C1O)C(O)/C=C/CC/C=C/CCCCCCCCC. The highest BCUT2D eigenvalue weighted by atomic mass is 16.8. The molecular weight excluding hydrogens is 1090 g/mol. The van der Waals surface area contributed by atoms with Crippen molar-refractivity contribution in [3.8, 4) is 0 Å². The molecule has 0 radical (unpaired) electrons. The first kappa shape index (κ1) is 77.0. The summed E-state index contributed by atoms with van der Waals surface area (Å²) in [5, 5.41) is 120. The molecule has 3 fully saturated rings. The third-order valence-corrected chi connectivity index (χ3v) is 16.6. The zero-order valence-electron chi connectivity index (χ0n) is 52.1. The van der Waals surface area contributed by atoms with Crippen LogP contribution in [0.3, 0.4) is 0 Å². The summed E-state index contributed by atoms with van der Waals surface area (Å²) in [6.07, 6.45) is 29.6. The molecule has 0 saturated carbocycles. The lowest BCUT2D eigenvalue weighted by Gasteiger charge is -2.48. The standard InChI is InChI=1S/C66H119NO18/c1-3-5-7-9-11-13-15-17-18-19-20-21-22-23-24-25-26-27-28-29-30-32-34-36-38-40-42-44-54(72)67-49(50(71)43-41-39-37-35-33-31-16-14-12-10-8-6-4-2)48-80-64-60(78)57(75)62(52(46-69)82-64)85-66-61(79)58(76)63(53(47-70)83-66)84-65-59(77)56(74)55(73)51(45-68)81-65/h15,17,19-20,33,35,41,43,49-53,55-66,68-71,73-79H,3-14,16,18,21-32,34,36-40,42,44-48H2,1-2H3,(H,67,72)/b17-15-,20-19-,35-33+,43-41+. The highest BCUT2D eigenvalue weighted by Gasteiger charge is 2.53. The molecule has 1 amide bonds. The van der Waals surface area contributed by atoms with E-state index in [1.807, 2.05) is 6.08 Å². The molecule has 0 bridgehead atoms. The molecule has 17 unspecified atom stereocenters. The van der Waals surface area contributed by atoms with Crippen LogP contribution < -0.4 is 5.32 Å². The number of amides is 1. The number of allylic oxidation sites excluding steroid dienone is 7. The number of nitrogens with one attached hydrogen (secondary N) is 1. The van der Waals surface area contributed by atoms with Crippen LogP contribution in [0.2, 0.25) is 0 Å². The van der Waals surface area contributed by atoms with Crippen molar-refractivity contribution < 1.29 is 89.4 Å². The van der Waals surface area contributed by atoms with Crippen LogP contribution in [0, 0.1) is 0 Å². The fourth-order valence-electron chi connectivity index (χ4n) is 11.1. The average Bonchev–Trinajstić information content (AvgIpc) is 2.72. The lowest BCUT2D eigenvalue weighted by Crippen LogP contribution is -2.66. The number of aliphatic hydroxyl groups is 11. The van der Waals surface area contributed by atoms with Gasteiger partial charge in [0.2, 0.25) is 5.91 Å². The van der Waals surface area contributed by atoms with E-state index >= 15 is 0 Å². The van der Waals surface area contributed by atoms with Crippen LogP contribution in [0.1, 0.15) is 232 Å². The van der Waals surface area contributed by atoms with Gasteiger partial charge in [-0.05, 0) is 64.2 Å². The topological polar surface area (TPSA) is 307 Å². The van der Waals surface area contributed by atoms with E-state index in [4.69, 9.17) is 28.4 Å². The molecule has 19 heteroatoms. The van der Waals surface area contributed by atoms with E-state index in [-0.39, 0.29) is 18.9 Å². The summed E-state index contributed by atoms with van der Waals surface area (Å²) in [5.74, 6) is -0.286. The molecule has 17 atom stereocenters. The number of hydrogen-bond acceptors (Lipinski definition) is 18. The second-order valence-corrected chi connectivity index (χ2v) is 23.9. The third kappa shape index (κ3) is 31.4. The first-order chi connectivity index (χ1) is 41.3. The number of carbonyl (C=O) groups excluding carboxylic acids is 1. The zero-order valence-corrected chi connectivity index (χ0v) is 52.1. The van der Waals surface area contributed by atoms with E-state index in [0.717, 1.165) is 44.9 Å². The lowest BCUT2D eigenvalue weighted by atomic mass is 9.96. The number of unbranched alkanes of at least 4 members (excludes halogenated alkanes) is 28. The van der Waals surface area contributed by atoms with Gasteiger partial charge in [0.15, 0.2) is 18.9 Å². The molecule has 0 aliphatic carbocycles. The molecular formula is C66H119NO18. The van der Waals surface area contributed by atoms with Gasteiger partial charge in [-0.25, -0.2) is 0 Å². The number of hydrogen-bond donors (Lipinski definition) is 12. The van der Waals surface area contributed by atoms with Gasteiger partial charge in [0.1, 0.15) is 73.2 Å². The van der Waals surface area contributed by atoms with Crippen LogP contribution in [0.25, 0.3) is 0 Å². The van der Waals surface area contributed by atoms with Crippen LogP contribution in [0.5, 0.6) is 0 Å². The van der Waals surface area contributed by atoms with Crippen molar-refractivity contribution in [2.24, 2.45) is 0 Å². The molecule has 496 valence electrons. The van der Waals surface area contributed by atoms with Gasteiger partial charge in [0, 0.05) is 6.42 Å². The third-order valence-electron chi connectivity index (χ3n) is 16.6. The summed E-state index contributed by atoms with van der Waals surface area (Å²) in [6, 6.07) is -0.989. The number of carbonyl (C=O) groups is 1. The zero-order chi connectivity index (χ0) is 61.9. The van der Waals surface area contributed by atoms with E-state index < -0.39 is 124 Å². The highest BCUT2D eigenvalue weighted by molar-refractivity contribution is 5.76. The molecule has 3 heterocycles. The minimum Gasteiger partial charge on any atom is -0.394 e. The Kier molecular flexibility index (Phi) is 44.0. The first-order valence-electron chi connectivity index (χ1n) is 33.4. The fourth-order valence-corrected chi connectivity index (χ4v) is 11.1. The summed E-state index contributed by atoms with van der Waals surface area (Å²) in [5.41, 5.74) is 0. The first-order valence-corrected chi connectivity index (χ1v) is 33.4. The van der Waals surface area contributed by atoms with Gasteiger partial charge >= 0.3 is 0 Å². The second kappa shape index (κ2) is 48.6. The summed E-state index contributed by atoms with van der Waals surface area (Å²) in [7, 11) is 0. The van der Waals surface area contributed by atoms with E-state index in [0.29, 0.717) is 12.8 Å². The van der Waals surface area contributed by atoms with Gasteiger partial charge in [-0.3, -0.25) is 4.79 Å². The smallest absolute Gasteiger partial charge is 0.220 e. The number of ether oxygens (including phenoxy) is 6. The molecule has 3 aliphatic heterocycles. The Labute approximate surface area is 510 Å². The van der Waals surface area contributed by atoms with Gasteiger partial charge in [-0.1, -0.05) is 210 Å². The van der Waals surface area contributed by atoms with Crippen LogP contribution in [0.15, 0.2) is 48.6 Å². The van der Waals surface area contributed by atoms with E-state index in [1.54, 1.807) is 6.08 Å². The van der Waals surface area contributed by atoms with Crippen molar-refractivity contribution in [1.29, 1.82) is 0 Å². The molecule has 19 nitrogen and oxygen atoms in total. The van der Waals surface area contributed by atoms with Crippen molar-refractivity contribution >= 4 is 5.91 Å². The van der Waals surface area contributed by atoms with E-state index in [9.17, 15) is 61.0 Å². The van der Waals surface area contributed by atoms with Crippen LogP contribution in [-0.4, -0.2) is 193 Å². The quantitative estimate of drug-likeness (QED) is 0.0204. The van der Waals surface area contributed by atoms with E-state index in [2.05, 4.69) is 55.6 Å². The Morgan fingerprint density at radius 2 is 0.788 bits per heavy atom. The molecule has 0 aromatic heterocycles. The van der Waals surface area contributed by atoms with Gasteiger partial charge < -0.3 is 89.9 Å². The Hall–Kier alpha value is -2.25. The van der Waals surface area contributed by atoms with Crippen LogP contribution in [0.4, 0.5) is 0 Å². The summed E-state index contributed by atoms with van der Waals surface area (Å²) >= 11 is 0. The fraction of sp³-hybridized carbons (Fsp3) is 0.864. The minimum absolute atomic E-state index is 0.235. The Morgan fingerprint density at radius 3 is 1.25 bits per heavy atom. The van der Waals surface area contributed by atoms with Gasteiger partial charge in [-0.15, -0.1) is 0 Å². The molecule has 3 aliphatic rings. The Balaban J connectivity index is 1.42. The monoisotopic (exact) mass is 1210 g/mol. The molecule has 0 aromatic carbocycles. The summed E-state index contributed by atoms with van der Waals surface area (Å²) in [6.45, 7) is 1.69. The van der Waals surface area contributed by atoms with Crippen molar-refractivity contribution in [3.63, 3.8) is 0 Å². The van der Waals surface area contributed by atoms with Gasteiger partial charge in [0.05, 0.1) is 38.6 Å². The molecule has 3 saturated heterocycles. The largest absolute Gasteiger partial charge is 0.394 e. The lowest BCUT2D eigenvalue weighted by molar-refractivity contribution is -0.379. The molecule has 85 heavy (non-hydrogen) atoms. The maximum Gasteiger partial charge on any atom is 0.220 e. The van der Waals surface area contributed by atoms with Crippen LogP contribution in [-0.2, 0) is 33.2 Å². The predicted octanol–water partition coefficient (Wildman–Crippen LogP) is 7.83. The Morgan fingerprint density at radius 1 is 0.424 bits per heavy atom. The van der Waals surface area contributed by atoms with E-state index in [1.165, 1.54) is 154 Å². The van der Waals surface area contributed by atoms with Gasteiger partial charge in [0.25, 0.3) is 0 Å². The van der Waals surface area contributed by atoms with Gasteiger partial charge in [-0.2, -0.15) is 0 Å². The van der Waals surface area contributed by atoms with Crippen molar-refractivity contribution in [2.75, 3.05) is 26.4 Å². The molecule has 0 spiro atoms. The van der Waals surface area contributed by atoms with Crippen LogP contribution >= 0.6 is 0 Å². The van der Waals surface area contributed by atoms with Crippen molar-refractivity contribution in [2.45, 2.75) is 336 Å². The molecule has 0 aromatic rings. The van der Waals surface area contributed by atoms with Crippen molar-refractivity contribution in [3.05, 3.63) is 48.6 Å². The minimum atomic E-state index is -1.98. The summed E-state index contributed by atoms with van der Waals surface area (Å²) < 4.78 is 34.3. The Bertz CT molecular complexity index is 1740. The number of rotatable bonds is 50. The molecule has 12 N–H and O–H groups in total. The molecule has 3 rings (SSSR count). The number of aliphatic hydroxyl groups excluding tert-OH is 11. The van der Waals surface area contributed by atoms with Crippen molar-refractivity contribution in [1.82, 2.24) is 5.32 Å². The average molecular weight is 1210 g/mol.